The SMILES string of the molecule is Cc1cccc(OCC(=O)OCC(=O)Nc2sc3c(c2C(N)=O)CCCC3)c1C. The Morgan fingerprint density at radius 1 is 1.14 bits per heavy atom. The van der Waals surface area contributed by atoms with Crippen molar-refractivity contribution in [2.24, 2.45) is 5.73 Å². The van der Waals surface area contributed by atoms with E-state index in [1.165, 1.54) is 11.3 Å². The van der Waals surface area contributed by atoms with Gasteiger partial charge in [-0.15, -0.1) is 11.3 Å². The zero-order valence-electron chi connectivity index (χ0n) is 16.5. The number of rotatable bonds is 7. The lowest BCUT2D eigenvalue weighted by molar-refractivity contribution is -0.149. The first-order valence-electron chi connectivity index (χ1n) is 9.45. The lowest BCUT2D eigenvalue weighted by Gasteiger charge is -2.11. The Hall–Kier alpha value is -2.87. The summed E-state index contributed by atoms with van der Waals surface area (Å²) in [4.78, 5) is 37.0. The average Bonchev–Trinajstić information content (AvgIpc) is 3.05. The summed E-state index contributed by atoms with van der Waals surface area (Å²) >= 11 is 1.37. The van der Waals surface area contributed by atoms with Crippen molar-refractivity contribution in [3.8, 4) is 5.75 Å². The topological polar surface area (TPSA) is 108 Å². The number of hydrogen-bond donors (Lipinski definition) is 2. The highest BCUT2D eigenvalue weighted by molar-refractivity contribution is 7.17. The third-order valence-corrected chi connectivity index (χ3v) is 6.14. The van der Waals surface area contributed by atoms with Crippen LogP contribution in [0.15, 0.2) is 18.2 Å². The number of nitrogens with one attached hydrogen (secondary N) is 1. The Morgan fingerprint density at radius 3 is 2.66 bits per heavy atom. The van der Waals surface area contributed by atoms with E-state index in [0.29, 0.717) is 16.3 Å². The highest BCUT2D eigenvalue weighted by Crippen LogP contribution is 2.37. The standard InChI is InChI=1S/C21H24N2O5S/c1-12-6-5-8-15(13(12)2)27-11-18(25)28-10-17(24)23-21-19(20(22)26)14-7-3-4-9-16(14)29-21/h5-6,8H,3-4,7,9-11H2,1-2H3,(H2,22,26)(H,23,24). The van der Waals surface area contributed by atoms with Crippen molar-refractivity contribution in [2.75, 3.05) is 18.5 Å². The van der Waals surface area contributed by atoms with Gasteiger partial charge in [0.05, 0.1) is 5.56 Å². The summed E-state index contributed by atoms with van der Waals surface area (Å²) in [6.07, 6.45) is 3.71. The van der Waals surface area contributed by atoms with Crippen LogP contribution in [-0.4, -0.2) is 31.0 Å². The van der Waals surface area contributed by atoms with Crippen LogP contribution in [0.5, 0.6) is 5.75 Å². The van der Waals surface area contributed by atoms with Gasteiger partial charge in [0.15, 0.2) is 13.2 Å². The number of thiophene rings is 1. The maximum absolute atomic E-state index is 12.2. The fourth-order valence-corrected chi connectivity index (χ4v) is 4.59. The van der Waals surface area contributed by atoms with Gasteiger partial charge in [-0.05, 0) is 62.3 Å². The molecule has 0 radical (unpaired) electrons. The molecule has 0 saturated heterocycles. The van der Waals surface area contributed by atoms with E-state index in [-0.39, 0.29) is 6.61 Å². The summed E-state index contributed by atoms with van der Waals surface area (Å²) in [5.74, 6) is -1.13. The van der Waals surface area contributed by atoms with E-state index in [1.54, 1.807) is 6.07 Å². The summed E-state index contributed by atoms with van der Waals surface area (Å²) in [7, 11) is 0. The van der Waals surface area contributed by atoms with E-state index < -0.39 is 24.4 Å². The summed E-state index contributed by atoms with van der Waals surface area (Å²) in [5.41, 5.74) is 8.82. The van der Waals surface area contributed by atoms with Gasteiger partial charge in [0.25, 0.3) is 11.8 Å². The second kappa shape index (κ2) is 9.09. The minimum atomic E-state index is -0.651. The molecule has 0 unspecified atom stereocenters. The second-order valence-corrected chi connectivity index (χ2v) is 8.08. The molecule has 0 saturated carbocycles. The Kier molecular flexibility index (Phi) is 6.53. The minimum absolute atomic E-state index is 0.294. The second-order valence-electron chi connectivity index (χ2n) is 6.97. The Labute approximate surface area is 173 Å². The lowest BCUT2D eigenvalue weighted by atomic mass is 9.95. The largest absolute Gasteiger partial charge is 0.482 e. The molecule has 1 aromatic heterocycles. The number of amides is 2. The third kappa shape index (κ3) is 4.95. The smallest absolute Gasteiger partial charge is 0.344 e. The predicted molar refractivity (Wildman–Crippen MR) is 110 cm³/mol. The van der Waals surface area contributed by atoms with Crippen molar-refractivity contribution in [3.05, 3.63) is 45.3 Å². The van der Waals surface area contributed by atoms with Crippen molar-refractivity contribution in [1.29, 1.82) is 0 Å². The number of carbonyl (C=O) groups excluding carboxylic acids is 3. The number of benzene rings is 1. The molecule has 2 aromatic rings. The van der Waals surface area contributed by atoms with Crippen LogP contribution in [0.3, 0.4) is 0 Å². The number of aryl methyl sites for hydroxylation is 2. The quantitative estimate of drug-likeness (QED) is 0.675. The van der Waals surface area contributed by atoms with Crippen LogP contribution in [0.2, 0.25) is 0 Å². The maximum Gasteiger partial charge on any atom is 0.344 e. The normalized spacial score (nSPS) is 12.8. The lowest BCUT2D eigenvalue weighted by Crippen LogP contribution is -2.24. The van der Waals surface area contributed by atoms with Crippen LogP contribution in [0.4, 0.5) is 5.00 Å². The van der Waals surface area contributed by atoms with E-state index in [9.17, 15) is 14.4 Å². The Balaban J connectivity index is 1.53. The van der Waals surface area contributed by atoms with Crippen molar-refractivity contribution >= 4 is 34.1 Å². The molecule has 2 amide bonds. The van der Waals surface area contributed by atoms with E-state index in [1.807, 2.05) is 26.0 Å². The van der Waals surface area contributed by atoms with E-state index in [0.717, 1.165) is 47.3 Å². The van der Waals surface area contributed by atoms with Crippen LogP contribution in [-0.2, 0) is 27.2 Å². The zero-order chi connectivity index (χ0) is 21.0. The van der Waals surface area contributed by atoms with Crippen molar-refractivity contribution in [3.63, 3.8) is 0 Å². The molecule has 1 heterocycles. The number of fused-ring (bicyclic) bond motifs is 1. The molecule has 0 aliphatic heterocycles. The third-order valence-electron chi connectivity index (χ3n) is 4.94. The Bertz CT molecular complexity index is 951. The first-order valence-corrected chi connectivity index (χ1v) is 10.3. The number of carbonyl (C=O) groups is 3. The molecule has 0 bridgehead atoms. The van der Waals surface area contributed by atoms with E-state index in [4.69, 9.17) is 15.2 Å². The van der Waals surface area contributed by atoms with Gasteiger partial charge in [-0.25, -0.2) is 4.79 Å². The Morgan fingerprint density at radius 2 is 1.90 bits per heavy atom. The van der Waals surface area contributed by atoms with Crippen molar-refractivity contribution < 1.29 is 23.9 Å². The number of hydrogen-bond acceptors (Lipinski definition) is 6. The molecule has 154 valence electrons. The van der Waals surface area contributed by atoms with Gasteiger partial charge in [0.1, 0.15) is 10.8 Å². The van der Waals surface area contributed by atoms with Gasteiger partial charge in [0.2, 0.25) is 0 Å². The molecule has 3 N–H and O–H groups in total. The number of anilines is 1. The van der Waals surface area contributed by atoms with Gasteiger partial charge in [-0.1, -0.05) is 12.1 Å². The van der Waals surface area contributed by atoms with Gasteiger partial charge in [-0.3, -0.25) is 9.59 Å². The minimum Gasteiger partial charge on any atom is -0.482 e. The maximum atomic E-state index is 12.2. The van der Waals surface area contributed by atoms with E-state index >= 15 is 0 Å². The molecule has 1 aromatic carbocycles. The highest BCUT2D eigenvalue weighted by Gasteiger charge is 2.25. The fourth-order valence-electron chi connectivity index (χ4n) is 3.28. The predicted octanol–water partition coefficient (Wildman–Crippen LogP) is 2.90. The van der Waals surface area contributed by atoms with Crippen LogP contribution in [0.25, 0.3) is 0 Å². The fraction of sp³-hybridized carbons (Fsp3) is 0.381. The molecular weight excluding hydrogens is 392 g/mol. The number of esters is 1. The molecule has 8 heteroatoms. The van der Waals surface area contributed by atoms with Gasteiger partial charge < -0.3 is 20.5 Å². The van der Waals surface area contributed by atoms with Crippen molar-refractivity contribution in [1.82, 2.24) is 0 Å². The first-order chi connectivity index (χ1) is 13.9. The average molecular weight is 416 g/mol. The monoisotopic (exact) mass is 416 g/mol. The first kappa shape index (κ1) is 20.9. The summed E-state index contributed by atoms with van der Waals surface area (Å²) in [6, 6.07) is 5.56. The molecule has 1 aliphatic rings. The van der Waals surface area contributed by atoms with Crippen LogP contribution in [0, 0.1) is 13.8 Å². The molecule has 0 spiro atoms. The van der Waals surface area contributed by atoms with Crippen LogP contribution >= 0.6 is 11.3 Å². The summed E-state index contributed by atoms with van der Waals surface area (Å²) in [5, 5.41) is 3.08. The van der Waals surface area contributed by atoms with Crippen LogP contribution < -0.4 is 15.8 Å². The van der Waals surface area contributed by atoms with Crippen LogP contribution in [0.1, 0.15) is 44.8 Å². The molecule has 3 rings (SSSR count). The molecule has 7 nitrogen and oxygen atoms in total. The molecular formula is C21H24N2O5S. The summed E-state index contributed by atoms with van der Waals surface area (Å²) in [6.45, 7) is 3.10. The number of ether oxygens (including phenoxy) is 2. The molecule has 0 fully saturated rings. The van der Waals surface area contributed by atoms with E-state index in [2.05, 4.69) is 5.32 Å². The number of nitrogens with two attached hydrogens (primary N) is 1. The van der Waals surface area contributed by atoms with Crippen molar-refractivity contribution in [2.45, 2.75) is 39.5 Å². The zero-order valence-corrected chi connectivity index (χ0v) is 17.3. The molecule has 0 atom stereocenters. The van der Waals surface area contributed by atoms with Gasteiger partial charge in [-0.2, -0.15) is 0 Å². The molecule has 29 heavy (non-hydrogen) atoms. The highest BCUT2D eigenvalue weighted by atomic mass is 32.1. The van der Waals surface area contributed by atoms with Gasteiger partial charge >= 0.3 is 5.97 Å². The summed E-state index contributed by atoms with van der Waals surface area (Å²) < 4.78 is 10.5. The number of primary amides is 1. The van der Waals surface area contributed by atoms with Gasteiger partial charge in [0, 0.05) is 4.88 Å². The molecule has 1 aliphatic carbocycles.